The Hall–Kier alpha value is -2.15. The number of hydrogen-bond donors (Lipinski definition) is 1. The molecular formula is C18H24N4O2S. The number of aromatic nitrogens is 2. The Bertz CT molecular complexity index is 844. The molecule has 7 heteroatoms. The van der Waals surface area contributed by atoms with Crippen molar-refractivity contribution < 1.29 is 8.42 Å². The van der Waals surface area contributed by atoms with E-state index in [1.165, 1.54) is 25.5 Å². The lowest BCUT2D eigenvalue weighted by molar-refractivity contribution is 0.424. The van der Waals surface area contributed by atoms with Gasteiger partial charge in [0.2, 0.25) is 15.8 Å². The molecule has 1 saturated carbocycles. The van der Waals surface area contributed by atoms with Crippen molar-refractivity contribution in [3.8, 4) is 0 Å². The van der Waals surface area contributed by atoms with E-state index >= 15 is 0 Å². The molecule has 2 N–H and O–H groups in total. The zero-order valence-electron chi connectivity index (χ0n) is 14.6. The van der Waals surface area contributed by atoms with Crippen molar-refractivity contribution in [2.75, 3.05) is 17.7 Å². The van der Waals surface area contributed by atoms with Gasteiger partial charge in [0.25, 0.3) is 0 Å². The fourth-order valence-corrected chi connectivity index (χ4v) is 4.49. The third-order valence-corrected chi connectivity index (χ3v) is 6.62. The average Bonchev–Trinajstić information content (AvgIpc) is 2.62. The molecule has 1 aliphatic rings. The minimum Gasteiger partial charge on any atom is -0.382 e. The second-order valence-electron chi connectivity index (χ2n) is 6.64. The zero-order valence-corrected chi connectivity index (χ0v) is 15.5. The number of sulfone groups is 1. The van der Waals surface area contributed by atoms with Crippen LogP contribution in [0.3, 0.4) is 0 Å². The van der Waals surface area contributed by atoms with Crippen LogP contribution in [0.2, 0.25) is 0 Å². The fourth-order valence-electron chi connectivity index (χ4n) is 3.23. The van der Waals surface area contributed by atoms with E-state index in [1.807, 2.05) is 18.9 Å². The highest BCUT2D eigenvalue weighted by atomic mass is 32.2. The molecule has 2 aromatic rings. The number of benzene rings is 1. The molecule has 0 amide bonds. The predicted molar refractivity (Wildman–Crippen MR) is 98.4 cm³/mol. The number of rotatable bonds is 4. The number of aryl methyl sites for hydroxylation is 1. The summed E-state index contributed by atoms with van der Waals surface area (Å²) in [7, 11) is -1.78. The Balaban J connectivity index is 1.90. The van der Waals surface area contributed by atoms with Crippen LogP contribution in [-0.4, -0.2) is 31.5 Å². The van der Waals surface area contributed by atoms with Crippen LogP contribution >= 0.6 is 0 Å². The highest BCUT2D eigenvalue weighted by molar-refractivity contribution is 7.91. The van der Waals surface area contributed by atoms with Crippen LogP contribution in [0.5, 0.6) is 0 Å². The second kappa shape index (κ2) is 7.00. The SMILES string of the molecule is Cc1ccc(S(=O)(=O)c2cnc(N(C)C3CCCCC3)nc2N)cc1. The summed E-state index contributed by atoms with van der Waals surface area (Å²) < 4.78 is 25.6. The Morgan fingerprint density at radius 1 is 1.12 bits per heavy atom. The summed E-state index contributed by atoms with van der Waals surface area (Å²) >= 11 is 0. The Morgan fingerprint density at radius 2 is 1.76 bits per heavy atom. The first-order valence-electron chi connectivity index (χ1n) is 8.56. The predicted octanol–water partition coefficient (Wildman–Crippen LogP) is 2.97. The van der Waals surface area contributed by atoms with Crippen molar-refractivity contribution >= 4 is 21.6 Å². The van der Waals surface area contributed by atoms with E-state index in [9.17, 15) is 8.42 Å². The first-order valence-corrected chi connectivity index (χ1v) is 10.0. The van der Waals surface area contributed by atoms with Gasteiger partial charge in [0.15, 0.2) is 0 Å². The summed E-state index contributed by atoms with van der Waals surface area (Å²) in [6.07, 6.45) is 7.19. The molecule has 0 saturated heterocycles. The van der Waals surface area contributed by atoms with Crippen molar-refractivity contribution in [3.05, 3.63) is 36.0 Å². The molecule has 1 fully saturated rings. The summed E-state index contributed by atoms with van der Waals surface area (Å²) in [4.78, 5) is 10.7. The van der Waals surface area contributed by atoms with E-state index < -0.39 is 9.84 Å². The first kappa shape index (κ1) is 17.7. The number of hydrogen-bond acceptors (Lipinski definition) is 6. The third kappa shape index (κ3) is 3.61. The quantitative estimate of drug-likeness (QED) is 0.901. The van der Waals surface area contributed by atoms with Crippen molar-refractivity contribution in [3.63, 3.8) is 0 Å². The summed E-state index contributed by atoms with van der Waals surface area (Å²) in [5.41, 5.74) is 6.98. The first-order chi connectivity index (χ1) is 11.9. The van der Waals surface area contributed by atoms with E-state index in [0.29, 0.717) is 12.0 Å². The molecule has 1 aromatic carbocycles. The number of nitrogens with two attached hydrogens (primary N) is 1. The molecule has 1 aliphatic carbocycles. The molecule has 0 unspecified atom stereocenters. The van der Waals surface area contributed by atoms with E-state index in [1.54, 1.807) is 24.3 Å². The minimum absolute atomic E-state index is 0.00626. The zero-order chi connectivity index (χ0) is 18.0. The van der Waals surface area contributed by atoms with Gasteiger partial charge >= 0.3 is 0 Å². The Kier molecular flexibility index (Phi) is 4.94. The molecule has 25 heavy (non-hydrogen) atoms. The van der Waals surface area contributed by atoms with E-state index in [0.717, 1.165) is 18.4 Å². The maximum atomic E-state index is 12.8. The summed E-state index contributed by atoms with van der Waals surface area (Å²) in [6, 6.07) is 7.05. The molecular weight excluding hydrogens is 336 g/mol. The van der Waals surface area contributed by atoms with Gasteiger partial charge in [-0.05, 0) is 31.9 Å². The van der Waals surface area contributed by atoms with Gasteiger partial charge in [-0.15, -0.1) is 0 Å². The maximum Gasteiger partial charge on any atom is 0.227 e. The standard InChI is InChI=1S/C18H24N4O2S/c1-13-8-10-15(11-9-13)25(23,24)16-12-20-18(21-17(16)19)22(2)14-6-4-3-5-7-14/h8-12,14H,3-7H2,1-2H3,(H2,19,20,21). The topological polar surface area (TPSA) is 89.2 Å². The van der Waals surface area contributed by atoms with Crippen LogP contribution in [-0.2, 0) is 9.84 Å². The van der Waals surface area contributed by atoms with Crippen molar-refractivity contribution in [1.82, 2.24) is 9.97 Å². The molecule has 0 radical (unpaired) electrons. The van der Waals surface area contributed by atoms with Crippen molar-refractivity contribution in [1.29, 1.82) is 0 Å². The molecule has 0 atom stereocenters. The lowest BCUT2D eigenvalue weighted by atomic mass is 9.95. The molecule has 0 bridgehead atoms. The Labute approximate surface area is 149 Å². The lowest BCUT2D eigenvalue weighted by Crippen LogP contribution is -2.34. The van der Waals surface area contributed by atoms with Crippen LogP contribution in [0.25, 0.3) is 0 Å². The summed E-state index contributed by atoms with van der Waals surface area (Å²) in [5, 5.41) is 0. The van der Waals surface area contributed by atoms with Crippen LogP contribution < -0.4 is 10.6 Å². The van der Waals surface area contributed by atoms with E-state index in [-0.39, 0.29) is 15.6 Å². The highest BCUT2D eigenvalue weighted by Crippen LogP contribution is 2.28. The maximum absolute atomic E-state index is 12.8. The number of anilines is 2. The molecule has 134 valence electrons. The van der Waals surface area contributed by atoms with Gasteiger partial charge in [-0.1, -0.05) is 37.0 Å². The van der Waals surface area contributed by atoms with Crippen molar-refractivity contribution in [2.24, 2.45) is 0 Å². The fraction of sp³-hybridized carbons (Fsp3) is 0.444. The monoisotopic (exact) mass is 360 g/mol. The normalized spacial score (nSPS) is 15.9. The van der Waals surface area contributed by atoms with Crippen LogP contribution in [0.1, 0.15) is 37.7 Å². The van der Waals surface area contributed by atoms with Gasteiger partial charge in [-0.25, -0.2) is 13.4 Å². The molecule has 1 aromatic heterocycles. The van der Waals surface area contributed by atoms with Gasteiger partial charge in [0.05, 0.1) is 11.1 Å². The number of nitrogen functional groups attached to an aromatic ring is 1. The van der Waals surface area contributed by atoms with E-state index in [2.05, 4.69) is 9.97 Å². The highest BCUT2D eigenvalue weighted by Gasteiger charge is 2.25. The van der Waals surface area contributed by atoms with Crippen LogP contribution in [0.15, 0.2) is 40.3 Å². The second-order valence-corrected chi connectivity index (χ2v) is 8.56. The molecule has 6 nitrogen and oxygen atoms in total. The Morgan fingerprint density at radius 3 is 2.36 bits per heavy atom. The van der Waals surface area contributed by atoms with E-state index in [4.69, 9.17) is 5.73 Å². The molecule has 0 aliphatic heterocycles. The largest absolute Gasteiger partial charge is 0.382 e. The minimum atomic E-state index is -3.72. The number of nitrogens with zero attached hydrogens (tertiary/aromatic N) is 3. The lowest BCUT2D eigenvalue weighted by Gasteiger charge is -2.31. The third-order valence-electron chi connectivity index (χ3n) is 4.83. The molecule has 3 rings (SSSR count). The molecule has 0 spiro atoms. The van der Waals surface area contributed by atoms with Gasteiger partial charge < -0.3 is 10.6 Å². The van der Waals surface area contributed by atoms with Crippen molar-refractivity contribution in [2.45, 2.75) is 54.9 Å². The molecule has 1 heterocycles. The van der Waals surface area contributed by atoms with Crippen LogP contribution in [0.4, 0.5) is 11.8 Å². The van der Waals surface area contributed by atoms with Gasteiger partial charge in [-0.3, -0.25) is 0 Å². The summed E-state index contributed by atoms with van der Waals surface area (Å²) in [6.45, 7) is 1.91. The average molecular weight is 360 g/mol. The smallest absolute Gasteiger partial charge is 0.227 e. The van der Waals surface area contributed by atoms with Crippen LogP contribution in [0, 0.1) is 6.92 Å². The van der Waals surface area contributed by atoms with Gasteiger partial charge in [0, 0.05) is 13.1 Å². The van der Waals surface area contributed by atoms with Gasteiger partial charge in [-0.2, -0.15) is 4.98 Å². The summed E-state index contributed by atoms with van der Waals surface area (Å²) in [5.74, 6) is 0.473. The van der Waals surface area contributed by atoms with Gasteiger partial charge in [0.1, 0.15) is 10.7 Å².